The molecule has 0 aliphatic rings. The SMILES string of the molecule is CC(C)(C)NC(=O)CNc1ccccc1I. The molecule has 4 heteroatoms. The van der Waals surface area contributed by atoms with E-state index in [1.807, 2.05) is 45.0 Å². The van der Waals surface area contributed by atoms with Crippen LogP contribution in [0.1, 0.15) is 20.8 Å². The molecule has 0 spiro atoms. The van der Waals surface area contributed by atoms with Crippen molar-refractivity contribution in [1.29, 1.82) is 0 Å². The molecule has 88 valence electrons. The zero-order valence-corrected chi connectivity index (χ0v) is 12.0. The molecule has 0 saturated heterocycles. The highest BCUT2D eigenvalue weighted by atomic mass is 127. The minimum Gasteiger partial charge on any atom is -0.375 e. The molecule has 0 unspecified atom stereocenters. The Kier molecular flexibility index (Phi) is 4.58. The lowest BCUT2D eigenvalue weighted by molar-refractivity contribution is -0.120. The summed E-state index contributed by atoms with van der Waals surface area (Å²) in [6, 6.07) is 7.89. The Bertz CT molecular complexity index is 372. The van der Waals surface area contributed by atoms with E-state index >= 15 is 0 Å². The smallest absolute Gasteiger partial charge is 0.239 e. The molecular formula is C12H17IN2O. The van der Waals surface area contributed by atoms with Crippen LogP contribution in [0, 0.1) is 3.57 Å². The van der Waals surface area contributed by atoms with Gasteiger partial charge < -0.3 is 10.6 Å². The topological polar surface area (TPSA) is 41.1 Å². The molecule has 0 saturated carbocycles. The van der Waals surface area contributed by atoms with Crippen molar-refractivity contribution in [2.24, 2.45) is 0 Å². The molecule has 0 aromatic heterocycles. The summed E-state index contributed by atoms with van der Waals surface area (Å²) in [6.45, 7) is 6.21. The summed E-state index contributed by atoms with van der Waals surface area (Å²) in [5, 5.41) is 6.02. The molecule has 0 radical (unpaired) electrons. The first-order valence-corrected chi connectivity index (χ1v) is 6.26. The predicted molar refractivity (Wildman–Crippen MR) is 75.5 cm³/mol. The first-order valence-electron chi connectivity index (χ1n) is 5.18. The zero-order valence-electron chi connectivity index (χ0n) is 9.80. The number of nitrogens with one attached hydrogen (secondary N) is 2. The number of para-hydroxylation sites is 1. The van der Waals surface area contributed by atoms with Crippen molar-refractivity contribution in [3.63, 3.8) is 0 Å². The first kappa shape index (κ1) is 13.3. The summed E-state index contributed by atoms with van der Waals surface area (Å²) < 4.78 is 1.11. The molecule has 0 bridgehead atoms. The van der Waals surface area contributed by atoms with Gasteiger partial charge in [0, 0.05) is 14.8 Å². The molecular weight excluding hydrogens is 315 g/mol. The fourth-order valence-corrected chi connectivity index (χ4v) is 1.82. The molecule has 1 aromatic carbocycles. The van der Waals surface area contributed by atoms with Crippen LogP contribution in [0.4, 0.5) is 5.69 Å². The van der Waals surface area contributed by atoms with E-state index in [1.165, 1.54) is 0 Å². The summed E-state index contributed by atoms with van der Waals surface area (Å²) in [4.78, 5) is 11.6. The van der Waals surface area contributed by atoms with Crippen molar-refractivity contribution in [2.45, 2.75) is 26.3 Å². The minimum absolute atomic E-state index is 0.00662. The summed E-state index contributed by atoms with van der Waals surface area (Å²) in [5.41, 5.74) is 0.815. The Labute approximate surface area is 110 Å². The van der Waals surface area contributed by atoms with Crippen LogP contribution in [0.3, 0.4) is 0 Å². The number of amides is 1. The third kappa shape index (κ3) is 4.83. The van der Waals surface area contributed by atoms with E-state index in [0.29, 0.717) is 6.54 Å². The van der Waals surface area contributed by atoms with Crippen molar-refractivity contribution in [3.8, 4) is 0 Å². The molecule has 1 amide bonds. The van der Waals surface area contributed by atoms with Gasteiger partial charge in [0.05, 0.1) is 6.54 Å². The lowest BCUT2D eigenvalue weighted by Crippen LogP contribution is -2.43. The lowest BCUT2D eigenvalue weighted by Gasteiger charge is -2.20. The summed E-state index contributed by atoms with van der Waals surface area (Å²) >= 11 is 2.24. The molecule has 1 rings (SSSR count). The van der Waals surface area contributed by atoms with E-state index in [2.05, 4.69) is 33.2 Å². The van der Waals surface area contributed by atoms with E-state index in [0.717, 1.165) is 9.26 Å². The first-order chi connectivity index (χ1) is 7.38. The predicted octanol–water partition coefficient (Wildman–Crippen LogP) is 2.62. The van der Waals surface area contributed by atoms with E-state index < -0.39 is 0 Å². The average Bonchev–Trinajstić information content (AvgIpc) is 2.14. The molecule has 16 heavy (non-hydrogen) atoms. The maximum Gasteiger partial charge on any atom is 0.239 e. The van der Waals surface area contributed by atoms with Crippen molar-refractivity contribution in [2.75, 3.05) is 11.9 Å². The summed E-state index contributed by atoms with van der Waals surface area (Å²) in [7, 11) is 0. The van der Waals surface area contributed by atoms with Crippen LogP contribution in [0.25, 0.3) is 0 Å². The number of hydrogen-bond acceptors (Lipinski definition) is 2. The standard InChI is InChI=1S/C12H17IN2O/c1-12(2,3)15-11(16)8-14-10-7-5-4-6-9(10)13/h4-7,14H,8H2,1-3H3,(H,15,16). The number of hydrogen-bond donors (Lipinski definition) is 2. The molecule has 0 atom stereocenters. The lowest BCUT2D eigenvalue weighted by atomic mass is 10.1. The fraction of sp³-hybridized carbons (Fsp3) is 0.417. The van der Waals surface area contributed by atoms with Gasteiger partial charge in [-0.1, -0.05) is 12.1 Å². The Morgan fingerprint density at radius 3 is 2.50 bits per heavy atom. The quantitative estimate of drug-likeness (QED) is 0.836. The van der Waals surface area contributed by atoms with Crippen LogP contribution in [-0.2, 0) is 4.79 Å². The van der Waals surface area contributed by atoms with Crippen molar-refractivity contribution >= 4 is 34.2 Å². The largest absolute Gasteiger partial charge is 0.375 e. The van der Waals surface area contributed by atoms with E-state index in [-0.39, 0.29) is 11.4 Å². The van der Waals surface area contributed by atoms with E-state index in [4.69, 9.17) is 0 Å². The van der Waals surface area contributed by atoms with Gasteiger partial charge in [-0.2, -0.15) is 0 Å². The van der Waals surface area contributed by atoms with Gasteiger partial charge in [0.15, 0.2) is 0 Å². The third-order valence-corrected chi connectivity index (χ3v) is 2.77. The van der Waals surface area contributed by atoms with Crippen molar-refractivity contribution in [1.82, 2.24) is 5.32 Å². The molecule has 0 aliphatic heterocycles. The normalized spacial score (nSPS) is 11.0. The van der Waals surface area contributed by atoms with Crippen LogP contribution >= 0.6 is 22.6 Å². The van der Waals surface area contributed by atoms with Gasteiger partial charge in [0.25, 0.3) is 0 Å². The number of halogens is 1. The van der Waals surface area contributed by atoms with Crippen molar-refractivity contribution in [3.05, 3.63) is 27.8 Å². The number of carbonyl (C=O) groups is 1. The van der Waals surface area contributed by atoms with Crippen LogP contribution in [0.15, 0.2) is 24.3 Å². The molecule has 3 nitrogen and oxygen atoms in total. The Balaban J connectivity index is 2.47. The maximum atomic E-state index is 11.6. The Morgan fingerprint density at radius 2 is 1.94 bits per heavy atom. The zero-order chi connectivity index (χ0) is 12.2. The number of anilines is 1. The second kappa shape index (κ2) is 5.52. The van der Waals surface area contributed by atoms with Crippen molar-refractivity contribution < 1.29 is 4.79 Å². The maximum absolute atomic E-state index is 11.6. The van der Waals surface area contributed by atoms with Gasteiger partial charge in [0.2, 0.25) is 5.91 Å². The molecule has 0 aliphatic carbocycles. The summed E-state index contributed by atoms with van der Waals surface area (Å²) in [6.07, 6.45) is 0. The Hall–Kier alpha value is -0.780. The second-order valence-corrected chi connectivity index (χ2v) is 5.79. The van der Waals surface area contributed by atoms with Gasteiger partial charge in [-0.3, -0.25) is 4.79 Å². The molecule has 2 N–H and O–H groups in total. The fourth-order valence-electron chi connectivity index (χ4n) is 1.24. The number of carbonyl (C=O) groups excluding carboxylic acids is 1. The summed E-state index contributed by atoms with van der Waals surface area (Å²) in [5.74, 6) is 0.00662. The highest BCUT2D eigenvalue weighted by Crippen LogP contribution is 2.16. The highest BCUT2D eigenvalue weighted by molar-refractivity contribution is 14.1. The molecule has 0 fully saturated rings. The average molecular weight is 332 g/mol. The van der Waals surface area contributed by atoms with Gasteiger partial charge in [-0.25, -0.2) is 0 Å². The third-order valence-electron chi connectivity index (χ3n) is 1.83. The van der Waals surface area contributed by atoms with E-state index in [1.54, 1.807) is 0 Å². The number of benzene rings is 1. The molecule has 1 aromatic rings. The van der Waals surface area contributed by atoms with Crippen LogP contribution in [0.5, 0.6) is 0 Å². The van der Waals surface area contributed by atoms with Gasteiger partial charge in [-0.15, -0.1) is 0 Å². The Morgan fingerprint density at radius 1 is 1.31 bits per heavy atom. The van der Waals surface area contributed by atoms with Gasteiger partial charge >= 0.3 is 0 Å². The van der Waals surface area contributed by atoms with Crippen LogP contribution in [0.2, 0.25) is 0 Å². The monoisotopic (exact) mass is 332 g/mol. The van der Waals surface area contributed by atoms with Crippen LogP contribution in [-0.4, -0.2) is 18.0 Å². The van der Waals surface area contributed by atoms with Gasteiger partial charge in [-0.05, 0) is 55.5 Å². The minimum atomic E-state index is -0.178. The molecule has 0 heterocycles. The van der Waals surface area contributed by atoms with Crippen LogP contribution < -0.4 is 10.6 Å². The second-order valence-electron chi connectivity index (χ2n) is 4.63. The highest BCUT2D eigenvalue weighted by Gasteiger charge is 2.13. The van der Waals surface area contributed by atoms with Gasteiger partial charge in [0.1, 0.15) is 0 Å². The van der Waals surface area contributed by atoms with E-state index in [9.17, 15) is 4.79 Å². The number of rotatable bonds is 3.